The third kappa shape index (κ3) is 4.12. The highest BCUT2D eigenvalue weighted by Gasteiger charge is 2.59. The minimum atomic E-state index is -0.751. The fourth-order valence-electron chi connectivity index (χ4n) is 5.86. The molecule has 0 spiro atoms. The highest BCUT2D eigenvalue weighted by atomic mass is 16.6. The first-order valence-corrected chi connectivity index (χ1v) is 12.0. The van der Waals surface area contributed by atoms with E-state index < -0.39 is 11.9 Å². The van der Waals surface area contributed by atoms with E-state index in [0.717, 1.165) is 29.7 Å². The van der Waals surface area contributed by atoms with Crippen LogP contribution in [-0.2, 0) is 16.1 Å². The van der Waals surface area contributed by atoms with Gasteiger partial charge in [0.2, 0.25) is 0 Å². The van der Waals surface area contributed by atoms with Crippen LogP contribution in [-0.4, -0.2) is 35.8 Å². The molecule has 0 aromatic heterocycles. The van der Waals surface area contributed by atoms with E-state index in [1.807, 2.05) is 54.6 Å². The van der Waals surface area contributed by atoms with Gasteiger partial charge in [0, 0.05) is 18.0 Å². The normalized spacial score (nSPS) is 26.5. The molecule has 2 aromatic carbocycles. The summed E-state index contributed by atoms with van der Waals surface area (Å²) in [5.41, 5.74) is 2.40. The first-order chi connectivity index (χ1) is 16.0. The van der Waals surface area contributed by atoms with Gasteiger partial charge in [-0.25, -0.2) is 4.79 Å². The van der Waals surface area contributed by atoms with Crippen LogP contribution in [0.3, 0.4) is 0 Å². The first kappa shape index (κ1) is 22.0. The number of rotatable bonds is 8. The molecule has 1 aliphatic heterocycles. The van der Waals surface area contributed by atoms with E-state index in [2.05, 4.69) is 12.2 Å². The number of fused-ring (bicyclic) bond motifs is 2. The Labute approximate surface area is 194 Å². The van der Waals surface area contributed by atoms with E-state index >= 15 is 0 Å². The third-order valence-electron chi connectivity index (χ3n) is 7.86. The Morgan fingerprint density at radius 2 is 1.85 bits per heavy atom. The van der Waals surface area contributed by atoms with Crippen molar-refractivity contribution in [3.8, 4) is 0 Å². The van der Waals surface area contributed by atoms with E-state index in [1.54, 1.807) is 4.90 Å². The molecule has 5 rings (SSSR count). The monoisotopic (exact) mass is 448 g/mol. The predicted molar refractivity (Wildman–Crippen MR) is 126 cm³/mol. The summed E-state index contributed by atoms with van der Waals surface area (Å²) in [5.74, 6) is -1.38. The van der Waals surface area contributed by atoms with Crippen LogP contribution in [0.25, 0.3) is 0 Å². The van der Waals surface area contributed by atoms with Crippen molar-refractivity contribution in [3.05, 3.63) is 65.7 Å². The number of carboxylic acids is 1. The number of hydrogen-bond acceptors (Lipinski definition) is 4. The molecule has 2 saturated carbocycles. The maximum absolute atomic E-state index is 13.3. The lowest BCUT2D eigenvalue weighted by atomic mass is 9.51. The molecule has 1 amide bonds. The van der Waals surface area contributed by atoms with Crippen LogP contribution in [0, 0.1) is 11.3 Å². The smallest absolute Gasteiger partial charge is 0.414 e. The Morgan fingerprint density at radius 3 is 2.52 bits per heavy atom. The average molecular weight is 449 g/mol. The van der Waals surface area contributed by atoms with E-state index in [-0.39, 0.29) is 30.1 Å². The second kappa shape index (κ2) is 8.82. The minimum absolute atomic E-state index is 0.0566. The summed E-state index contributed by atoms with van der Waals surface area (Å²) < 4.78 is 5.72. The van der Waals surface area contributed by atoms with Crippen molar-refractivity contribution < 1.29 is 19.4 Å². The average Bonchev–Trinajstić information content (AvgIpc) is 3.64. The standard InChI is InChI=1S/C27H32N2O4/c1-27-15-13-23(27)29(26(32)33-17-18-7-3-2-4-8-18)22-10-6-5-9-20(22)24(27)21(25(30)31)14-16-28-19-11-12-19/h2-10,19,21,23-24,28H,11-17H2,1H3,(H,30,31)/t21?,23-,24?,27+/m1/s1. The first-order valence-electron chi connectivity index (χ1n) is 12.0. The van der Waals surface area contributed by atoms with E-state index in [1.165, 1.54) is 12.8 Å². The summed E-state index contributed by atoms with van der Waals surface area (Å²) in [6, 6.07) is 18.0. The number of carbonyl (C=O) groups excluding carboxylic acids is 1. The largest absolute Gasteiger partial charge is 0.481 e. The molecule has 3 aliphatic rings. The van der Waals surface area contributed by atoms with Crippen LogP contribution in [0.4, 0.5) is 10.5 Å². The molecule has 2 fully saturated rings. The number of ether oxygens (including phenoxy) is 1. The summed E-state index contributed by atoms with van der Waals surface area (Å²) in [4.78, 5) is 27.6. The number of hydrogen-bond donors (Lipinski definition) is 2. The van der Waals surface area contributed by atoms with Crippen LogP contribution < -0.4 is 10.2 Å². The zero-order valence-corrected chi connectivity index (χ0v) is 19.1. The maximum atomic E-state index is 13.3. The Balaban J connectivity index is 1.43. The van der Waals surface area contributed by atoms with Crippen LogP contribution in [0.2, 0.25) is 0 Å². The van der Waals surface area contributed by atoms with Crippen molar-refractivity contribution in [2.24, 2.45) is 11.3 Å². The molecule has 2 aromatic rings. The fourth-order valence-corrected chi connectivity index (χ4v) is 5.86. The minimum Gasteiger partial charge on any atom is -0.481 e. The van der Waals surface area contributed by atoms with Gasteiger partial charge in [-0.05, 0) is 61.3 Å². The number of nitrogens with zero attached hydrogens (tertiary/aromatic N) is 1. The SMILES string of the molecule is C[C@]12CC[C@H]1N(C(=O)OCc1ccccc1)c1ccccc1C2C(CCNC1CC1)C(=O)O. The quantitative estimate of drug-likeness (QED) is 0.598. The van der Waals surface area contributed by atoms with E-state index in [4.69, 9.17) is 4.74 Å². The summed E-state index contributed by atoms with van der Waals surface area (Å²) >= 11 is 0. The summed E-state index contributed by atoms with van der Waals surface area (Å²) in [6.07, 6.45) is 4.36. The van der Waals surface area contributed by atoms with Crippen molar-refractivity contribution in [1.29, 1.82) is 0 Å². The maximum Gasteiger partial charge on any atom is 0.414 e. The third-order valence-corrected chi connectivity index (χ3v) is 7.86. The summed E-state index contributed by atoms with van der Waals surface area (Å²) in [5, 5.41) is 13.7. The van der Waals surface area contributed by atoms with Crippen LogP contribution in [0.15, 0.2) is 54.6 Å². The number of para-hydroxylation sites is 1. The van der Waals surface area contributed by atoms with E-state index in [9.17, 15) is 14.7 Å². The van der Waals surface area contributed by atoms with Crippen molar-refractivity contribution in [2.75, 3.05) is 11.4 Å². The molecule has 2 N–H and O–H groups in total. The van der Waals surface area contributed by atoms with Gasteiger partial charge in [-0.2, -0.15) is 0 Å². The Morgan fingerprint density at radius 1 is 1.12 bits per heavy atom. The van der Waals surface area contributed by atoms with Gasteiger partial charge >= 0.3 is 12.1 Å². The molecule has 0 bridgehead atoms. The number of carboxylic acid groups (broad SMARTS) is 1. The van der Waals surface area contributed by atoms with Gasteiger partial charge in [0.1, 0.15) is 6.61 Å². The second-order valence-corrected chi connectivity index (χ2v) is 9.97. The molecule has 2 unspecified atom stereocenters. The topological polar surface area (TPSA) is 78.9 Å². The Kier molecular flexibility index (Phi) is 5.87. The lowest BCUT2D eigenvalue weighted by Gasteiger charge is -2.60. The number of nitrogens with one attached hydrogen (secondary N) is 1. The number of aliphatic carboxylic acids is 1. The highest BCUT2D eigenvalue weighted by molar-refractivity contribution is 5.91. The lowest BCUT2D eigenvalue weighted by Crippen LogP contribution is -2.63. The molecule has 6 nitrogen and oxygen atoms in total. The fraction of sp³-hybridized carbons (Fsp3) is 0.481. The molecule has 4 atom stereocenters. The molecular formula is C27H32N2O4. The number of carbonyl (C=O) groups is 2. The highest BCUT2D eigenvalue weighted by Crippen LogP contribution is 2.62. The van der Waals surface area contributed by atoms with Gasteiger partial charge in [-0.3, -0.25) is 9.69 Å². The van der Waals surface area contributed by atoms with Gasteiger partial charge in [0.25, 0.3) is 0 Å². The summed E-state index contributed by atoms with van der Waals surface area (Å²) in [6.45, 7) is 3.09. The number of amides is 1. The Bertz CT molecular complexity index is 1020. The molecule has 2 aliphatic carbocycles. The predicted octanol–water partition coefficient (Wildman–Crippen LogP) is 4.94. The van der Waals surface area contributed by atoms with Gasteiger partial charge in [0.05, 0.1) is 11.6 Å². The number of anilines is 1. The van der Waals surface area contributed by atoms with Crippen molar-refractivity contribution in [3.63, 3.8) is 0 Å². The molecule has 33 heavy (non-hydrogen) atoms. The van der Waals surface area contributed by atoms with Gasteiger partial charge in [-0.15, -0.1) is 0 Å². The van der Waals surface area contributed by atoms with Crippen LogP contribution in [0.1, 0.15) is 56.1 Å². The van der Waals surface area contributed by atoms with Crippen molar-refractivity contribution in [2.45, 2.75) is 63.6 Å². The van der Waals surface area contributed by atoms with Gasteiger partial charge in [0.15, 0.2) is 0 Å². The molecule has 0 radical (unpaired) electrons. The zero-order valence-electron chi connectivity index (χ0n) is 19.1. The molecule has 174 valence electrons. The van der Waals surface area contributed by atoms with E-state index in [0.29, 0.717) is 19.0 Å². The zero-order chi connectivity index (χ0) is 23.0. The van der Waals surface area contributed by atoms with Crippen molar-refractivity contribution >= 4 is 17.7 Å². The van der Waals surface area contributed by atoms with Gasteiger partial charge < -0.3 is 15.2 Å². The molecule has 0 saturated heterocycles. The second-order valence-electron chi connectivity index (χ2n) is 9.97. The van der Waals surface area contributed by atoms with Gasteiger partial charge in [-0.1, -0.05) is 55.5 Å². The van der Waals surface area contributed by atoms with Crippen LogP contribution >= 0.6 is 0 Å². The molecule has 1 heterocycles. The lowest BCUT2D eigenvalue weighted by molar-refractivity contribution is -0.145. The van der Waals surface area contributed by atoms with Crippen molar-refractivity contribution in [1.82, 2.24) is 5.32 Å². The Hall–Kier alpha value is -2.86. The summed E-state index contributed by atoms with van der Waals surface area (Å²) in [7, 11) is 0. The molecule has 6 heteroatoms. The molecular weight excluding hydrogens is 416 g/mol. The van der Waals surface area contributed by atoms with Crippen LogP contribution in [0.5, 0.6) is 0 Å². The number of benzene rings is 2.